The van der Waals surface area contributed by atoms with Crippen molar-refractivity contribution in [3.05, 3.63) is 77.3 Å². The molecular formula is C18H15N3O4. The predicted molar refractivity (Wildman–Crippen MR) is 89.3 cm³/mol. The van der Waals surface area contributed by atoms with E-state index in [9.17, 15) is 14.7 Å². The van der Waals surface area contributed by atoms with Crippen LogP contribution in [0.2, 0.25) is 0 Å². The Morgan fingerprint density at radius 2 is 2.00 bits per heavy atom. The van der Waals surface area contributed by atoms with Crippen LogP contribution in [0.25, 0.3) is 5.76 Å². The Hall–Kier alpha value is -3.48. The quantitative estimate of drug-likeness (QED) is 0.406. The van der Waals surface area contributed by atoms with E-state index in [-0.39, 0.29) is 17.4 Å². The number of aliphatic hydroxyl groups is 1. The maximum Gasteiger partial charge on any atom is 0.215 e. The zero-order valence-corrected chi connectivity index (χ0v) is 13.4. The molecule has 0 spiro atoms. The minimum Gasteiger partial charge on any atom is -0.504 e. The molecule has 25 heavy (non-hydrogen) atoms. The van der Waals surface area contributed by atoms with Gasteiger partial charge < -0.3 is 9.52 Å². The van der Waals surface area contributed by atoms with Crippen LogP contribution in [0.1, 0.15) is 44.8 Å². The number of benzene rings is 1. The number of carbonyl (C=O) groups is 2. The summed E-state index contributed by atoms with van der Waals surface area (Å²) in [6.45, 7) is 1.51. The van der Waals surface area contributed by atoms with Crippen molar-refractivity contribution in [1.82, 2.24) is 15.2 Å². The van der Waals surface area contributed by atoms with Gasteiger partial charge in [0.15, 0.2) is 17.3 Å². The number of nitrogens with one attached hydrogen (secondary N) is 1. The predicted octanol–water partition coefficient (Wildman–Crippen LogP) is 2.97. The summed E-state index contributed by atoms with van der Waals surface area (Å²) in [5.74, 6) is -0.0826. The van der Waals surface area contributed by atoms with E-state index in [4.69, 9.17) is 4.42 Å². The molecule has 0 saturated carbocycles. The standard InChI is InChI=1S/C18H15N3O4/c1-11(22)13-4-2-12(3-5-13)6-15-7-14(9-25-15)16(23)8-17(24)18-19-10-20-21-18/h2-5,7-10,24H,6H2,1H3,(H,19,20,21). The van der Waals surface area contributed by atoms with Crippen LogP contribution in [0.15, 0.2) is 53.4 Å². The third-order valence-corrected chi connectivity index (χ3v) is 3.59. The van der Waals surface area contributed by atoms with Crippen LogP contribution >= 0.6 is 0 Å². The van der Waals surface area contributed by atoms with Crippen molar-refractivity contribution in [3.63, 3.8) is 0 Å². The summed E-state index contributed by atoms with van der Waals surface area (Å²) in [4.78, 5) is 27.2. The Morgan fingerprint density at radius 3 is 2.64 bits per heavy atom. The Morgan fingerprint density at radius 1 is 1.24 bits per heavy atom. The monoisotopic (exact) mass is 337 g/mol. The Kier molecular flexibility index (Phi) is 4.56. The van der Waals surface area contributed by atoms with Gasteiger partial charge in [0.25, 0.3) is 0 Å². The minimum absolute atomic E-state index is 0.00966. The molecule has 3 aromatic rings. The number of aliphatic hydroxyl groups excluding tert-OH is 1. The lowest BCUT2D eigenvalue weighted by atomic mass is 10.1. The highest BCUT2D eigenvalue weighted by Gasteiger charge is 2.12. The minimum atomic E-state index is -0.413. The smallest absolute Gasteiger partial charge is 0.215 e. The number of rotatable bonds is 6. The van der Waals surface area contributed by atoms with Crippen molar-refractivity contribution >= 4 is 17.3 Å². The van der Waals surface area contributed by atoms with Gasteiger partial charge in [0.2, 0.25) is 5.82 Å². The molecule has 2 N–H and O–H groups in total. The molecule has 0 aliphatic carbocycles. The zero-order valence-electron chi connectivity index (χ0n) is 13.4. The van der Waals surface area contributed by atoms with Gasteiger partial charge in [-0.05, 0) is 18.6 Å². The Labute approximate surface area is 143 Å². The summed E-state index contributed by atoms with van der Waals surface area (Å²) in [7, 11) is 0. The first kappa shape index (κ1) is 16.4. The van der Waals surface area contributed by atoms with E-state index in [2.05, 4.69) is 15.2 Å². The van der Waals surface area contributed by atoms with Crippen LogP contribution in [0, 0.1) is 0 Å². The fraction of sp³-hybridized carbons (Fsp3) is 0.111. The summed E-state index contributed by atoms with van der Waals surface area (Å²) in [5, 5.41) is 15.9. The van der Waals surface area contributed by atoms with E-state index < -0.39 is 5.78 Å². The van der Waals surface area contributed by atoms with E-state index >= 15 is 0 Å². The van der Waals surface area contributed by atoms with Crippen LogP contribution in [-0.4, -0.2) is 31.9 Å². The van der Waals surface area contributed by atoms with Crippen LogP contribution in [0.4, 0.5) is 0 Å². The molecule has 7 nitrogen and oxygen atoms in total. The van der Waals surface area contributed by atoms with Crippen LogP contribution in [-0.2, 0) is 6.42 Å². The highest BCUT2D eigenvalue weighted by molar-refractivity contribution is 6.07. The molecule has 2 aromatic heterocycles. The van der Waals surface area contributed by atoms with Gasteiger partial charge in [-0.25, -0.2) is 4.98 Å². The first-order valence-corrected chi connectivity index (χ1v) is 7.51. The van der Waals surface area contributed by atoms with Crippen molar-refractivity contribution < 1.29 is 19.1 Å². The van der Waals surface area contributed by atoms with Gasteiger partial charge in [-0.2, -0.15) is 5.10 Å². The highest BCUT2D eigenvalue weighted by atomic mass is 16.3. The summed E-state index contributed by atoms with van der Waals surface area (Å²) in [6.07, 6.45) is 4.17. The van der Waals surface area contributed by atoms with Gasteiger partial charge in [0, 0.05) is 18.1 Å². The van der Waals surface area contributed by atoms with Gasteiger partial charge in [-0.15, -0.1) is 0 Å². The number of H-pyrrole nitrogens is 1. The lowest BCUT2D eigenvalue weighted by Crippen LogP contribution is -1.96. The topological polar surface area (TPSA) is 109 Å². The van der Waals surface area contributed by atoms with Gasteiger partial charge in [-0.3, -0.25) is 14.7 Å². The van der Waals surface area contributed by atoms with Gasteiger partial charge >= 0.3 is 0 Å². The fourth-order valence-electron chi connectivity index (χ4n) is 2.27. The van der Waals surface area contributed by atoms with Crippen molar-refractivity contribution in [2.45, 2.75) is 13.3 Å². The number of hydrogen-bond donors (Lipinski definition) is 2. The van der Waals surface area contributed by atoms with Crippen molar-refractivity contribution in [2.75, 3.05) is 0 Å². The maximum atomic E-state index is 12.1. The molecular weight excluding hydrogens is 322 g/mol. The molecule has 0 unspecified atom stereocenters. The second-order valence-corrected chi connectivity index (χ2v) is 5.45. The fourth-order valence-corrected chi connectivity index (χ4v) is 2.27. The molecule has 0 fully saturated rings. The molecule has 7 heteroatoms. The molecule has 0 aliphatic rings. The number of furan rings is 1. The number of ketones is 2. The molecule has 3 rings (SSSR count). The van der Waals surface area contributed by atoms with Crippen molar-refractivity contribution in [2.24, 2.45) is 0 Å². The molecule has 0 aliphatic heterocycles. The largest absolute Gasteiger partial charge is 0.504 e. The third-order valence-electron chi connectivity index (χ3n) is 3.59. The number of Topliss-reactive ketones (excluding diaryl/α,β-unsaturated/α-hetero) is 1. The van der Waals surface area contributed by atoms with Crippen LogP contribution in [0.5, 0.6) is 0 Å². The maximum absolute atomic E-state index is 12.1. The summed E-state index contributed by atoms with van der Waals surface area (Å²) >= 11 is 0. The van der Waals surface area contributed by atoms with E-state index in [0.717, 1.165) is 11.6 Å². The highest BCUT2D eigenvalue weighted by Crippen LogP contribution is 2.16. The van der Waals surface area contributed by atoms with E-state index in [1.54, 1.807) is 18.2 Å². The first-order chi connectivity index (χ1) is 12.0. The molecule has 126 valence electrons. The van der Waals surface area contributed by atoms with E-state index in [0.29, 0.717) is 23.3 Å². The van der Waals surface area contributed by atoms with E-state index in [1.807, 2.05) is 12.1 Å². The second-order valence-electron chi connectivity index (χ2n) is 5.45. The average molecular weight is 337 g/mol. The SMILES string of the molecule is CC(=O)c1ccc(Cc2cc(C(=O)C=C(O)c3nc[nH]n3)co2)cc1. The molecule has 0 saturated heterocycles. The number of nitrogens with zero attached hydrogens (tertiary/aromatic N) is 2. The number of hydrogen-bond acceptors (Lipinski definition) is 6. The second kappa shape index (κ2) is 6.96. The molecule has 2 heterocycles. The lowest BCUT2D eigenvalue weighted by Gasteiger charge is -1.99. The number of carbonyl (C=O) groups excluding carboxylic acids is 2. The van der Waals surface area contributed by atoms with E-state index in [1.165, 1.54) is 19.5 Å². The normalized spacial score (nSPS) is 11.5. The van der Waals surface area contributed by atoms with Crippen LogP contribution < -0.4 is 0 Å². The lowest BCUT2D eigenvalue weighted by molar-refractivity contribution is 0.101. The van der Waals surface area contributed by atoms with Gasteiger partial charge in [0.05, 0.1) is 5.56 Å². The van der Waals surface area contributed by atoms with Crippen LogP contribution in [0.3, 0.4) is 0 Å². The summed E-state index contributed by atoms with van der Waals surface area (Å²) < 4.78 is 5.40. The van der Waals surface area contributed by atoms with Crippen molar-refractivity contribution in [3.8, 4) is 0 Å². The molecule has 0 amide bonds. The molecule has 0 bridgehead atoms. The number of aromatic amines is 1. The van der Waals surface area contributed by atoms with Crippen molar-refractivity contribution in [1.29, 1.82) is 0 Å². The first-order valence-electron chi connectivity index (χ1n) is 7.51. The summed E-state index contributed by atoms with van der Waals surface area (Å²) in [5.41, 5.74) is 1.92. The number of allylic oxidation sites excluding steroid dienone is 1. The molecule has 1 aromatic carbocycles. The third kappa shape index (κ3) is 3.89. The summed E-state index contributed by atoms with van der Waals surface area (Å²) in [6, 6.07) is 8.81. The number of aromatic nitrogens is 3. The Balaban J connectivity index is 1.70. The van der Waals surface area contributed by atoms with Gasteiger partial charge in [0.1, 0.15) is 18.4 Å². The van der Waals surface area contributed by atoms with Gasteiger partial charge in [-0.1, -0.05) is 24.3 Å². The molecule has 0 radical (unpaired) electrons. The average Bonchev–Trinajstić information content (AvgIpc) is 3.27. The molecule has 0 atom stereocenters. The zero-order chi connectivity index (χ0) is 17.8. The Bertz CT molecular complexity index is 922.